The summed E-state index contributed by atoms with van der Waals surface area (Å²) in [5.41, 5.74) is -0.820. The Morgan fingerprint density at radius 2 is 2.24 bits per heavy atom. The van der Waals surface area contributed by atoms with Crippen LogP contribution >= 0.6 is 23.0 Å². The second-order valence-electron chi connectivity index (χ2n) is 4.35. The van der Waals surface area contributed by atoms with Gasteiger partial charge >= 0.3 is 0 Å². The number of imide groups is 1. The monoisotopic (exact) mass is 352 g/mol. The van der Waals surface area contributed by atoms with E-state index in [4.69, 9.17) is 3.07 Å². The maximum atomic E-state index is 11.9. The molecule has 2 bridgehead atoms. The minimum atomic E-state index is -0.820. The van der Waals surface area contributed by atoms with Crippen LogP contribution in [0.25, 0.3) is 0 Å². The van der Waals surface area contributed by atoms with Crippen molar-refractivity contribution >= 4 is 40.7 Å². The molecule has 0 radical (unpaired) electrons. The van der Waals surface area contributed by atoms with Crippen molar-refractivity contribution in [2.45, 2.75) is 25.3 Å². The number of nitrogens with zero attached hydrogens (tertiary/aromatic N) is 1. The fourth-order valence-electron chi connectivity index (χ4n) is 2.64. The molecule has 0 aromatic heterocycles. The van der Waals surface area contributed by atoms with Gasteiger partial charge in [0, 0.05) is 12.5 Å². The van der Waals surface area contributed by atoms with Crippen LogP contribution in [0.15, 0.2) is 0 Å². The molecule has 3 fully saturated rings. The first kappa shape index (κ1) is 12.7. The number of halogens is 1. The Bertz CT molecular complexity index is 379. The van der Waals surface area contributed by atoms with Crippen molar-refractivity contribution in [3.8, 4) is 0 Å². The maximum Gasteiger partial charge on any atom is 0.252 e. The summed E-state index contributed by atoms with van der Waals surface area (Å²) in [6.07, 6.45) is 0.886. The second-order valence-corrected chi connectivity index (χ2v) is 4.97. The Kier molecular flexibility index (Phi) is 3.39. The lowest BCUT2D eigenvalue weighted by molar-refractivity contribution is -0.170. The van der Waals surface area contributed by atoms with Crippen LogP contribution in [0.4, 0.5) is 0 Å². The Hall–Kier alpha value is -0.700. The smallest absolute Gasteiger partial charge is 0.252 e. The van der Waals surface area contributed by atoms with Crippen LogP contribution < -0.4 is 5.32 Å². The van der Waals surface area contributed by atoms with Gasteiger partial charge in [0.15, 0.2) is 0 Å². The molecule has 17 heavy (non-hydrogen) atoms. The third kappa shape index (κ3) is 1.85. The molecule has 1 N–H and O–H groups in total. The number of likely N-dealkylation sites (N-methyl/N-ethyl adjacent to an activating group) is 1. The summed E-state index contributed by atoms with van der Waals surface area (Å²) in [5, 5.41) is 2.32. The highest BCUT2D eigenvalue weighted by Crippen LogP contribution is 2.45. The highest BCUT2D eigenvalue weighted by Gasteiger charge is 2.61. The lowest BCUT2D eigenvalue weighted by Gasteiger charge is -2.54. The van der Waals surface area contributed by atoms with E-state index < -0.39 is 5.54 Å². The first-order valence-electron chi connectivity index (χ1n) is 5.44. The molecule has 0 spiro atoms. The SMILES string of the molecule is CCN(C(=O)COI)C12CC(C1)C(=O)NC2=O. The van der Waals surface area contributed by atoms with Gasteiger partial charge in [-0.15, -0.1) is 0 Å². The average molecular weight is 352 g/mol. The van der Waals surface area contributed by atoms with Gasteiger partial charge in [-0.3, -0.25) is 19.7 Å². The van der Waals surface area contributed by atoms with Gasteiger partial charge in [0.25, 0.3) is 11.8 Å². The fraction of sp³-hybridized carbons (Fsp3) is 0.700. The normalized spacial score (nSPS) is 30.6. The van der Waals surface area contributed by atoms with Gasteiger partial charge in [-0.25, -0.2) is 0 Å². The zero-order chi connectivity index (χ0) is 12.6. The molecule has 3 aliphatic rings. The number of hydrogen-bond donors (Lipinski definition) is 1. The van der Waals surface area contributed by atoms with Crippen molar-refractivity contribution in [1.82, 2.24) is 10.2 Å². The van der Waals surface area contributed by atoms with Crippen LogP contribution in [-0.2, 0) is 17.4 Å². The van der Waals surface area contributed by atoms with E-state index in [9.17, 15) is 14.4 Å². The van der Waals surface area contributed by atoms with Crippen LogP contribution in [-0.4, -0.2) is 41.3 Å². The molecule has 0 atom stereocenters. The summed E-state index contributed by atoms with van der Waals surface area (Å²) in [7, 11) is 0. The molecule has 2 aliphatic heterocycles. The third-order valence-corrected chi connectivity index (χ3v) is 3.82. The predicted molar refractivity (Wildman–Crippen MR) is 66.0 cm³/mol. The largest absolute Gasteiger partial charge is 0.326 e. The zero-order valence-corrected chi connectivity index (χ0v) is 11.5. The first-order chi connectivity index (χ1) is 8.05. The Morgan fingerprint density at radius 1 is 1.59 bits per heavy atom. The highest BCUT2D eigenvalue weighted by molar-refractivity contribution is 14.1. The van der Waals surface area contributed by atoms with Crippen LogP contribution in [0.2, 0.25) is 0 Å². The number of carbonyl (C=O) groups excluding carboxylic acids is 3. The molecule has 94 valence electrons. The average Bonchev–Trinajstić information content (AvgIpc) is 2.20. The van der Waals surface area contributed by atoms with Crippen LogP contribution in [0.3, 0.4) is 0 Å². The molecule has 2 heterocycles. The van der Waals surface area contributed by atoms with Crippen molar-refractivity contribution in [2.24, 2.45) is 5.92 Å². The molecule has 0 aromatic rings. The van der Waals surface area contributed by atoms with Gasteiger partial charge in [0.1, 0.15) is 35.2 Å². The number of rotatable bonds is 4. The van der Waals surface area contributed by atoms with Gasteiger partial charge < -0.3 is 7.97 Å². The van der Waals surface area contributed by atoms with E-state index >= 15 is 0 Å². The molecule has 3 rings (SSSR count). The van der Waals surface area contributed by atoms with E-state index in [-0.39, 0.29) is 30.2 Å². The maximum absolute atomic E-state index is 11.9. The molecular formula is C10H13IN2O4. The minimum Gasteiger partial charge on any atom is -0.326 e. The summed E-state index contributed by atoms with van der Waals surface area (Å²) >= 11 is 1.65. The highest BCUT2D eigenvalue weighted by atomic mass is 127. The van der Waals surface area contributed by atoms with E-state index in [2.05, 4.69) is 5.32 Å². The molecule has 1 aliphatic carbocycles. The lowest BCUT2D eigenvalue weighted by atomic mass is 9.63. The summed E-state index contributed by atoms with van der Waals surface area (Å²) < 4.78 is 4.78. The third-order valence-electron chi connectivity index (χ3n) is 3.51. The Balaban J connectivity index is 2.18. The van der Waals surface area contributed by atoms with Crippen molar-refractivity contribution in [1.29, 1.82) is 0 Å². The second kappa shape index (κ2) is 4.52. The van der Waals surface area contributed by atoms with Gasteiger partial charge in [-0.05, 0) is 19.8 Å². The summed E-state index contributed by atoms with van der Waals surface area (Å²) in [4.78, 5) is 36.6. The number of amides is 3. The molecule has 0 aromatic carbocycles. The van der Waals surface area contributed by atoms with E-state index in [1.807, 2.05) is 6.92 Å². The number of nitrogens with one attached hydrogen (secondary N) is 1. The van der Waals surface area contributed by atoms with Crippen LogP contribution in [0.1, 0.15) is 19.8 Å². The fourth-order valence-corrected chi connectivity index (χ4v) is 2.91. The lowest BCUT2D eigenvalue weighted by Crippen LogP contribution is -2.74. The van der Waals surface area contributed by atoms with E-state index in [1.165, 1.54) is 4.90 Å². The molecule has 2 saturated heterocycles. The molecule has 3 amide bonds. The molecular weight excluding hydrogens is 339 g/mol. The quantitative estimate of drug-likeness (QED) is 0.571. The van der Waals surface area contributed by atoms with Crippen molar-refractivity contribution in [2.75, 3.05) is 13.2 Å². The van der Waals surface area contributed by atoms with Crippen LogP contribution in [0, 0.1) is 5.92 Å². The zero-order valence-electron chi connectivity index (χ0n) is 9.36. The van der Waals surface area contributed by atoms with Crippen molar-refractivity contribution in [3.05, 3.63) is 0 Å². The molecule has 6 nitrogen and oxygen atoms in total. The van der Waals surface area contributed by atoms with Crippen LogP contribution in [0.5, 0.6) is 0 Å². The number of fused-ring (bicyclic) bond motifs is 2. The number of hydrogen-bond acceptors (Lipinski definition) is 4. The summed E-state index contributed by atoms with van der Waals surface area (Å²) in [6, 6.07) is 0. The van der Waals surface area contributed by atoms with Crippen molar-refractivity contribution in [3.63, 3.8) is 0 Å². The van der Waals surface area contributed by atoms with Gasteiger partial charge in [0.2, 0.25) is 5.91 Å². The van der Waals surface area contributed by atoms with Crippen molar-refractivity contribution < 1.29 is 17.4 Å². The molecule has 1 saturated carbocycles. The van der Waals surface area contributed by atoms with Gasteiger partial charge in [-0.2, -0.15) is 0 Å². The molecule has 7 heteroatoms. The number of carbonyl (C=O) groups is 3. The van der Waals surface area contributed by atoms with E-state index in [0.29, 0.717) is 19.4 Å². The molecule has 0 unspecified atom stereocenters. The predicted octanol–water partition coefficient (Wildman–Crippen LogP) is 0.00670. The topological polar surface area (TPSA) is 75.7 Å². The standard InChI is InChI=1S/C10H13IN2O4/c1-2-13(7(14)5-17-11)10-3-6(4-10)8(15)12-9(10)16/h6H,2-5H2,1H3,(H,12,15,16). The number of piperidine rings is 2. The van der Waals surface area contributed by atoms with Gasteiger partial charge in [-0.1, -0.05) is 0 Å². The van der Waals surface area contributed by atoms with Gasteiger partial charge in [0.05, 0.1) is 0 Å². The van der Waals surface area contributed by atoms with E-state index in [0.717, 1.165) is 0 Å². The Labute approximate surface area is 113 Å². The Morgan fingerprint density at radius 3 is 2.71 bits per heavy atom. The summed E-state index contributed by atoms with van der Waals surface area (Å²) in [6.45, 7) is 2.20. The van der Waals surface area contributed by atoms with E-state index in [1.54, 1.807) is 23.0 Å². The minimum absolute atomic E-state index is 0.0535. The first-order valence-corrected chi connectivity index (χ1v) is 6.32. The summed E-state index contributed by atoms with van der Waals surface area (Å²) in [5.74, 6) is -0.918.